The number of non-ortho nitro benzene ring substituents is 1. The average molecular weight is 489 g/mol. The van der Waals surface area contributed by atoms with Crippen LogP contribution in [0.1, 0.15) is 12.5 Å². The van der Waals surface area contributed by atoms with Gasteiger partial charge < -0.3 is 9.80 Å². The molecular formula is C27H32N6O3. The molecule has 3 heterocycles. The van der Waals surface area contributed by atoms with Crippen molar-refractivity contribution >= 4 is 28.1 Å². The summed E-state index contributed by atoms with van der Waals surface area (Å²) in [4.78, 5) is 37.4. The van der Waals surface area contributed by atoms with Gasteiger partial charge in [-0.1, -0.05) is 30.3 Å². The van der Waals surface area contributed by atoms with Crippen molar-refractivity contribution in [2.45, 2.75) is 19.5 Å². The summed E-state index contributed by atoms with van der Waals surface area (Å²) in [5, 5.41) is 12.8. The number of rotatable bonds is 6. The van der Waals surface area contributed by atoms with E-state index in [1.807, 2.05) is 30.0 Å². The van der Waals surface area contributed by atoms with Crippen molar-refractivity contribution in [2.75, 3.05) is 57.3 Å². The number of anilines is 1. The van der Waals surface area contributed by atoms with E-state index >= 15 is 0 Å². The Labute approximate surface area is 211 Å². The van der Waals surface area contributed by atoms with Gasteiger partial charge in [-0.15, -0.1) is 0 Å². The predicted octanol–water partition coefficient (Wildman–Crippen LogP) is 3.00. The summed E-state index contributed by atoms with van der Waals surface area (Å²) in [6, 6.07) is 15.5. The van der Waals surface area contributed by atoms with Gasteiger partial charge in [-0.2, -0.15) is 0 Å². The molecule has 0 spiro atoms. The Morgan fingerprint density at radius 2 is 1.67 bits per heavy atom. The molecule has 0 bridgehead atoms. The monoisotopic (exact) mass is 488 g/mol. The minimum Gasteiger partial charge on any atom is -0.368 e. The number of pyridine rings is 1. The topological polar surface area (TPSA) is 86.1 Å². The molecule has 188 valence electrons. The van der Waals surface area contributed by atoms with Gasteiger partial charge in [-0.3, -0.25) is 29.7 Å². The fourth-order valence-corrected chi connectivity index (χ4v) is 5.33. The number of amides is 1. The van der Waals surface area contributed by atoms with Crippen molar-refractivity contribution in [1.29, 1.82) is 0 Å². The van der Waals surface area contributed by atoms with E-state index in [4.69, 9.17) is 0 Å². The Kier molecular flexibility index (Phi) is 7.11. The first kappa shape index (κ1) is 24.1. The lowest BCUT2D eigenvalue weighted by atomic mass is 10.1. The zero-order chi connectivity index (χ0) is 25.1. The standard InChI is InChI=1S/C27H32N6O3/c1-21(27(34)32-13-11-29(12-14-32)20-22-5-3-2-4-6-22)30-15-17-31(18-16-30)25-7-8-26(33(35)36)24-19-28-10-9-23(24)25/h2-10,19,21H,11-18,20H2,1H3/t21-/m0/s1. The van der Waals surface area contributed by atoms with Crippen molar-refractivity contribution in [1.82, 2.24) is 19.7 Å². The molecule has 2 aliphatic rings. The molecule has 0 unspecified atom stereocenters. The maximum absolute atomic E-state index is 13.3. The highest BCUT2D eigenvalue weighted by Gasteiger charge is 2.31. The minimum atomic E-state index is -0.361. The molecule has 2 aliphatic heterocycles. The van der Waals surface area contributed by atoms with Crippen LogP contribution in [0.2, 0.25) is 0 Å². The number of nitro groups is 1. The van der Waals surface area contributed by atoms with Gasteiger partial charge in [0, 0.05) is 88.4 Å². The Morgan fingerprint density at radius 3 is 2.36 bits per heavy atom. The lowest BCUT2D eigenvalue weighted by Crippen LogP contribution is -2.57. The third-order valence-corrected chi connectivity index (χ3v) is 7.46. The van der Waals surface area contributed by atoms with Crippen molar-refractivity contribution in [3.8, 4) is 0 Å². The van der Waals surface area contributed by atoms with Crippen molar-refractivity contribution in [3.63, 3.8) is 0 Å². The molecule has 9 heteroatoms. The van der Waals surface area contributed by atoms with E-state index in [9.17, 15) is 14.9 Å². The minimum absolute atomic E-state index is 0.0728. The van der Waals surface area contributed by atoms with E-state index < -0.39 is 0 Å². The van der Waals surface area contributed by atoms with E-state index in [1.165, 1.54) is 5.56 Å². The van der Waals surface area contributed by atoms with Crippen LogP contribution < -0.4 is 4.90 Å². The molecule has 2 aromatic carbocycles. The molecule has 0 radical (unpaired) electrons. The second-order valence-corrected chi connectivity index (χ2v) is 9.57. The van der Waals surface area contributed by atoms with Gasteiger partial charge in [0.25, 0.3) is 5.69 Å². The SMILES string of the molecule is C[C@@H](C(=O)N1CCN(Cc2ccccc2)CC1)N1CCN(c2ccc([N+](=O)[O-])c3cnccc23)CC1. The summed E-state index contributed by atoms with van der Waals surface area (Å²) in [5.74, 6) is 0.203. The molecule has 3 aromatic rings. The van der Waals surface area contributed by atoms with Crippen LogP contribution in [0.15, 0.2) is 60.9 Å². The molecule has 1 amide bonds. The highest BCUT2D eigenvalue weighted by molar-refractivity contribution is 5.99. The first-order valence-electron chi connectivity index (χ1n) is 12.6. The molecule has 0 N–H and O–H groups in total. The van der Waals surface area contributed by atoms with Gasteiger partial charge in [0.05, 0.1) is 16.4 Å². The maximum atomic E-state index is 13.3. The number of fused-ring (bicyclic) bond motifs is 1. The Balaban J connectivity index is 1.17. The van der Waals surface area contributed by atoms with Crippen molar-refractivity contribution in [3.05, 3.63) is 76.6 Å². The number of carbonyl (C=O) groups excluding carboxylic acids is 1. The van der Waals surface area contributed by atoms with E-state index in [0.29, 0.717) is 5.39 Å². The summed E-state index contributed by atoms with van der Waals surface area (Å²) >= 11 is 0. The first-order chi connectivity index (χ1) is 17.5. The number of nitro benzene ring substituents is 1. The summed E-state index contributed by atoms with van der Waals surface area (Å²) in [6.07, 6.45) is 3.24. The summed E-state index contributed by atoms with van der Waals surface area (Å²) in [6.45, 7) is 9.31. The van der Waals surface area contributed by atoms with Crippen LogP contribution in [0.4, 0.5) is 11.4 Å². The van der Waals surface area contributed by atoms with Crippen molar-refractivity contribution in [2.24, 2.45) is 0 Å². The van der Waals surface area contributed by atoms with E-state index in [0.717, 1.165) is 70.0 Å². The molecule has 1 aromatic heterocycles. The third kappa shape index (κ3) is 5.03. The van der Waals surface area contributed by atoms with Gasteiger partial charge in [0.2, 0.25) is 5.91 Å². The molecule has 36 heavy (non-hydrogen) atoms. The number of aromatic nitrogens is 1. The van der Waals surface area contributed by atoms with Crippen LogP contribution in [0, 0.1) is 10.1 Å². The second-order valence-electron chi connectivity index (χ2n) is 9.57. The van der Waals surface area contributed by atoms with E-state index in [1.54, 1.807) is 18.5 Å². The quantitative estimate of drug-likeness (QED) is 0.389. The van der Waals surface area contributed by atoms with Crippen LogP contribution in [-0.4, -0.2) is 88.9 Å². The zero-order valence-electron chi connectivity index (χ0n) is 20.6. The molecule has 2 fully saturated rings. The molecule has 0 saturated carbocycles. The van der Waals surface area contributed by atoms with Crippen molar-refractivity contribution < 1.29 is 9.72 Å². The molecule has 9 nitrogen and oxygen atoms in total. The van der Waals surface area contributed by atoms with E-state index in [-0.39, 0.29) is 22.6 Å². The lowest BCUT2D eigenvalue weighted by Gasteiger charge is -2.41. The second kappa shape index (κ2) is 10.6. The normalized spacial score (nSPS) is 18.4. The summed E-state index contributed by atoms with van der Waals surface area (Å²) < 4.78 is 0. The van der Waals surface area contributed by atoms with Gasteiger partial charge in [0.15, 0.2) is 0 Å². The number of hydrogen-bond acceptors (Lipinski definition) is 7. The third-order valence-electron chi connectivity index (χ3n) is 7.46. The number of nitrogens with zero attached hydrogens (tertiary/aromatic N) is 6. The number of piperazine rings is 2. The molecule has 1 atom stereocenters. The van der Waals surface area contributed by atoms with Gasteiger partial charge in [-0.25, -0.2) is 0 Å². The fraction of sp³-hybridized carbons (Fsp3) is 0.407. The molecular weight excluding hydrogens is 456 g/mol. The van der Waals surface area contributed by atoms with Gasteiger partial charge >= 0.3 is 0 Å². The van der Waals surface area contributed by atoms with Gasteiger partial charge in [-0.05, 0) is 24.6 Å². The lowest BCUT2D eigenvalue weighted by molar-refractivity contribution is -0.383. The Bertz CT molecular complexity index is 1220. The van der Waals surface area contributed by atoms with Crippen LogP contribution in [0.5, 0.6) is 0 Å². The molecule has 2 saturated heterocycles. The maximum Gasteiger partial charge on any atom is 0.278 e. The number of carbonyl (C=O) groups is 1. The predicted molar refractivity (Wildman–Crippen MR) is 140 cm³/mol. The number of benzene rings is 2. The number of hydrogen-bond donors (Lipinski definition) is 0. The Hall–Kier alpha value is -3.56. The van der Waals surface area contributed by atoms with Crippen LogP contribution in [-0.2, 0) is 11.3 Å². The zero-order valence-corrected chi connectivity index (χ0v) is 20.6. The van der Waals surface area contributed by atoms with Gasteiger partial charge in [0.1, 0.15) is 0 Å². The van der Waals surface area contributed by atoms with Crippen LogP contribution >= 0.6 is 0 Å². The summed E-state index contributed by atoms with van der Waals surface area (Å²) in [7, 11) is 0. The smallest absolute Gasteiger partial charge is 0.278 e. The molecule has 0 aliphatic carbocycles. The molecule has 5 rings (SSSR count). The first-order valence-corrected chi connectivity index (χ1v) is 12.6. The average Bonchev–Trinajstić information content (AvgIpc) is 2.92. The largest absolute Gasteiger partial charge is 0.368 e. The van der Waals surface area contributed by atoms with Crippen LogP contribution in [0.3, 0.4) is 0 Å². The Morgan fingerprint density at radius 1 is 0.944 bits per heavy atom. The van der Waals surface area contributed by atoms with Crippen LogP contribution in [0.25, 0.3) is 10.8 Å². The van der Waals surface area contributed by atoms with E-state index in [2.05, 4.69) is 43.9 Å². The highest BCUT2D eigenvalue weighted by Crippen LogP contribution is 2.33. The highest BCUT2D eigenvalue weighted by atomic mass is 16.6. The fourth-order valence-electron chi connectivity index (χ4n) is 5.33. The summed E-state index contributed by atoms with van der Waals surface area (Å²) in [5.41, 5.74) is 2.36.